The largest absolute Gasteiger partial charge is 0.479 e. The van der Waals surface area contributed by atoms with E-state index in [0.29, 0.717) is 27.1 Å². The summed E-state index contributed by atoms with van der Waals surface area (Å²) in [6, 6.07) is 16.9. The van der Waals surface area contributed by atoms with Gasteiger partial charge in [-0.1, -0.05) is 23.7 Å². The molecule has 5 nitrogen and oxygen atoms in total. The van der Waals surface area contributed by atoms with Crippen LogP contribution in [0.2, 0.25) is 5.02 Å². The summed E-state index contributed by atoms with van der Waals surface area (Å²) in [6.45, 7) is 1.60. The second-order valence-electron chi connectivity index (χ2n) is 5.59. The first kappa shape index (κ1) is 18.9. The Morgan fingerprint density at radius 1 is 1.04 bits per heavy atom. The van der Waals surface area contributed by atoms with Gasteiger partial charge in [0.05, 0.1) is 4.88 Å². The van der Waals surface area contributed by atoms with Gasteiger partial charge in [0.1, 0.15) is 11.5 Å². The van der Waals surface area contributed by atoms with Crippen molar-refractivity contribution in [3.8, 4) is 11.5 Å². The van der Waals surface area contributed by atoms with Gasteiger partial charge < -0.3 is 14.8 Å². The van der Waals surface area contributed by atoms with Gasteiger partial charge >= 0.3 is 5.97 Å². The number of benzene rings is 2. The zero-order valence-electron chi connectivity index (χ0n) is 14.3. The number of ether oxygens (including phenoxy) is 2. The molecule has 1 atom stereocenters. The first-order valence-corrected chi connectivity index (χ1v) is 9.36. The molecule has 0 bridgehead atoms. The van der Waals surface area contributed by atoms with Crippen LogP contribution in [0.5, 0.6) is 11.5 Å². The van der Waals surface area contributed by atoms with Crippen LogP contribution in [0.25, 0.3) is 0 Å². The topological polar surface area (TPSA) is 64.6 Å². The predicted octanol–water partition coefficient (Wildman–Crippen LogP) is 5.03. The van der Waals surface area contributed by atoms with E-state index in [1.807, 2.05) is 11.4 Å². The van der Waals surface area contributed by atoms with Crippen LogP contribution in [0.15, 0.2) is 66.0 Å². The van der Waals surface area contributed by atoms with Crippen molar-refractivity contribution in [3.05, 3.63) is 75.9 Å². The minimum atomic E-state index is -0.804. The highest BCUT2D eigenvalue weighted by atomic mass is 35.5. The van der Waals surface area contributed by atoms with Gasteiger partial charge in [0.2, 0.25) is 0 Å². The van der Waals surface area contributed by atoms with Crippen molar-refractivity contribution in [1.82, 2.24) is 0 Å². The molecule has 0 radical (unpaired) electrons. The van der Waals surface area contributed by atoms with Crippen molar-refractivity contribution in [1.29, 1.82) is 0 Å². The van der Waals surface area contributed by atoms with Crippen molar-refractivity contribution < 1.29 is 19.1 Å². The van der Waals surface area contributed by atoms with Gasteiger partial charge in [0, 0.05) is 10.7 Å². The molecule has 1 heterocycles. The van der Waals surface area contributed by atoms with Gasteiger partial charge in [-0.3, -0.25) is 4.79 Å². The van der Waals surface area contributed by atoms with Gasteiger partial charge in [0.15, 0.2) is 6.10 Å². The van der Waals surface area contributed by atoms with Crippen LogP contribution >= 0.6 is 22.9 Å². The monoisotopic (exact) mass is 401 g/mol. The first-order chi connectivity index (χ1) is 13.0. The highest BCUT2D eigenvalue weighted by Crippen LogP contribution is 2.21. The van der Waals surface area contributed by atoms with Crippen molar-refractivity contribution in [2.75, 3.05) is 5.32 Å². The maximum Gasteiger partial charge on any atom is 0.352 e. The first-order valence-electron chi connectivity index (χ1n) is 8.10. The Hall–Kier alpha value is -2.83. The minimum absolute atomic E-state index is 0.182. The zero-order valence-corrected chi connectivity index (χ0v) is 15.9. The third-order valence-corrected chi connectivity index (χ3v) is 4.62. The number of thiophene rings is 1. The fraction of sp³-hybridized carbons (Fsp3) is 0.100. The molecule has 0 aliphatic rings. The van der Waals surface area contributed by atoms with Crippen LogP contribution in [0, 0.1) is 0 Å². The Bertz CT molecular complexity index is 925. The van der Waals surface area contributed by atoms with Gasteiger partial charge in [-0.15, -0.1) is 11.3 Å². The third kappa shape index (κ3) is 5.32. The molecule has 0 spiro atoms. The van der Waals surface area contributed by atoms with E-state index in [9.17, 15) is 9.59 Å². The second-order valence-corrected chi connectivity index (χ2v) is 6.98. The molecule has 2 aromatic carbocycles. The molecule has 0 aliphatic heterocycles. The molecule has 27 heavy (non-hydrogen) atoms. The van der Waals surface area contributed by atoms with E-state index in [-0.39, 0.29) is 5.91 Å². The Labute approximate surface area is 165 Å². The van der Waals surface area contributed by atoms with Gasteiger partial charge in [-0.2, -0.15) is 0 Å². The molecule has 0 aliphatic carbocycles. The number of amides is 1. The van der Waals surface area contributed by atoms with E-state index in [1.54, 1.807) is 61.5 Å². The molecular weight excluding hydrogens is 386 g/mol. The van der Waals surface area contributed by atoms with Crippen LogP contribution in [-0.2, 0) is 4.79 Å². The van der Waals surface area contributed by atoms with E-state index in [2.05, 4.69) is 5.32 Å². The summed E-state index contributed by atoms with van der Waals surface area (Å²) in [5, 5.41) is 5.14. The van der Waals surface area contributed by atoms with E-state index >= 15 is 0 Å². The lowest BCUT2D eigenvalue weighted by Crippen LogP contribution is -2.28. The molecule has 1 N–H and O–H groups in total. The lowest BCUT2D eigenvalue weighted by Gasteiger charge is -2.14. The van der Waals surface area contributed by atoms with E-state index in [1.165, 1.54) is 11.3 Å². The minimum Gasteiger partial charge on any atom is -0.479 e. The summed E-state index contributed by atoms with van der Waals surface area (Å²) in [5.41, 5.74) is 0.608. The highest BCUT2D eigenvalue weighted by Gasteiger charge is 2.17. The summed E-state index contributed by atoms with van der Waals surface area (Å²) in [6.07, 6.45) is -0.804. The van der Waals surface area contributed by atoms with E-state index in [0.717, 1.165) is 0 Å². The van der Waals surface area contributed by atoms with Crippen LogP contribution < -0.4 is 14.8 Å². The Balaban J connectivity index is 1.55. The summed E-state index contributed by atoms with van der Waals surface area (Å²) < 4.78 is 10.8. The van der Waals surface area contributed by atoms with Crippen LogP contribution in [0.3, 0.4) is 0 Å². The smallest absolute Gasteiger partial charge is 0.352 e. The number of rotatable bonds is 6. The number of hydrogen-bond acceptors (Lipinski definition) is 5. The second kappa shape index (κ2) is 8.70. The quantitative estimate of drug-likeness (QED) is 0.465. The summed E-state index contributed by atoms with van der Waals surface area (Å²) in [4.78, 5) is 24.8. The molecule has 7 heteroatoms. The Kier molecular flexibility index (Phi) is 6.11. The predicted molar refractivity (Wildman–Crippen MR) is 106 cm³/mol. The lowest BCUT2D eigenvalue weighted by molar-refractivity contribution is -0.141. The number of halogens is 1. The van der Waals surface area contributed by atoms with Gasteiger partial charge in [-0.05, 0) is 60.8 Å². The van der Waals surface area contributed by atoms with Gasteiger partial charge in [0.25, 0.3) is 5.91 Å². The zero-order chi connectivity index (χ0) is 19.2. The highest BCUT2D eigenvalue weighted by molar-refractivity contribution is 7.12. The molecule has 3 rings (SSSR count). The van der Waals surface area contributed by atoms with Crippen molar-refractivity contribution in [3.63, 3.8) is 0 Å². The lowest BCUT2D eigenvalue weighted by atomic mass is 10.3. The van der Waals surface area contributed by atoms with Gasteiger partial charge in [-0.25, -0.2) is 4.79 Å². The molecule has 1 unspecified atom stereocenters. The van der Waals surface area contributed by atoms with E-state index in [4.69, 9.17) is 21.1 Å². The normalized spacial score (nSPS) is 11.5. The molecule has 1 aromatic heterocycles. The van der Waals surface area contributed by atoms with Crippen molar-refractivity contribution >= 4 is 40.5 Å². The maximum atomic E-state index is 12.2. The fourth-order valence-corrected chi connectivity index (χ4v) is 3.00. The molecule has 0 fully saturated rings. The van der Waals surface area contributed by atoms with Crippen LogP contribution in [-0.4, -0.2) is 18.0 Å². The van der Waals surface area contributed by atoms with Crippen LogP contribution in [0.4, 0.5) is 5.69 Å². The molecule has 0 saturated carbocycles. The number of esters is 1. The molecule has 1 amide bonds. The number of anilines is 1. The Morgan fingerprint density at radius 2 is 1.81 bits per heavy atom. The van der Waals surface area contributed by atoms with E-state index < -0.39 is 12.1 Å². The van der Waals surface area contributed by atoms with Crippen molar-refractivity contribution in [2.24, 2.45) is 0 Å². The number of carbonyl (C=O) groups is 2. The molecular formula is C20H16ClNO4S. The average Bonchev–Trinajstić information content (AvgIpc) is 3.18. The summed E-state index contributed by atoms with van der Waals surface area (Å²) >= 11 is 7.26. The SMILES string of the molecule is CC(Oc1cccc(Cl)c1)C(=O)Oc1ccc(NC(=O)c2cccs2)cc1. The summed E-state index contributed by atoms with van der Waals surface area (Å²) in [5.74, 6) is 0.123. The standard InChI is InChI=1S/C20H16ClNO4S/c1-13(25-17-5-2-4-14(21)12-17)20(24)26-16-9-7-15(8-10-16)22-19(23)18-6-3-11-27-18/h2-13H,1H3,(H,22,23). The third-order valence-electron chi connectivity index (χ3n) is 3.52. The average molecular weight is 402 g/mol. The fourth-order valence-electron chi connectivity index (χ4n) is 2.20. The molecule has 0 saturated heterocycles. The Morgan fingerprint density at radius 3 is 2.48 bits per heavy atom. The van der Waals surface area contributed by atoms with Crippen molar-refractivity contribution in [2.45, 2.75) is 13.0 Å². The van der Waals surface area contributed by atoms with Crippen LogP contribution in [0.1, 0.15) is 16.6 Å². The molecule has 3 aromatic rings. The molecule has 138 valence electrons. The maximum absolute atomic E-state index is 12.2. The number of nitrogens with one attached hydrogen (secondary N) is 1. The number of carbonyl (C=O) groups excluding carboxylic acids is 2. The summed E-state index contributed by atoms with van der Waals surface area (Å²) in [7, 11) is 0. The number of hydrogen-bond donors (Lipinski definition) is 1.